The smallest absolute Gasteiger partial charge is 0.331 e. The van der Waals surface area contributed by atoms with Crippen molar-refractivity contribution in [1.82, 2.24) is 10.2 Å². The van der Waals surface area contributed by atoms with E-state index in [-0.39, 0.29) is 11.6 Å². The number of urea groups is 1. The number of rotatable bonds is 4. The molecule has 154 valence electrons. The van der Waals surface area contributed by atoms with Crippen LogP contribution in [0.15, 0.2) is 23.8 Å². The molecule has 1 N–H and O–H groups in total. The maximum atomic E-state index is 13.0. The number of carbonyl (C=O) groups is 3. The minimum atomic E-state index is -0.656. The van der Waals surface area contributed by atoms with E-state index in [0.717, 1.165) is 44.5 Å². The summed E-state index contributed by atoms with van der Waals surface area (Å²) < 4.78 is 5.54. The summed E-state index contributed by atoms with van der Waals surface area (Å²) in [5.41, 5.74) is 1.69. The van der Waals surface area contributed by atoms with Gasteiger partial charge in [0.05, 0.1) is 7.11 Å². The van der Waals surface area contributed by atoms with Crippen LogP contribution in [0, 0.1) is 0 Å². The number of imide groups is 2. The number of barbiturate groups is 1. The molecular formula is C22H27N3O4. The Balaban J connectivity index is 1.63. The summed E-state index contributed by atoms with van der Waals surface area (Å²) in [5, 5.41) is 2.32. The quantitative estimate of drug-likeness (QED) is 0.624. The minimum absolute atomic E-state index is 0.0273. The van der Waals surface area contributed by atoms with Crippen LogP contribution in [-0.4, -0.2) is 49.0 Å². The van der Waals surface area contributed by atoms with E-state index in [1.807, 2.05) is 18.2 Å². The van der Waals surface area contributed by atoms with E-state index < -0.39 is 17.8 Å². The number of ether oxygens (including phenoxy) is 1. The molecule has 0 unspecified atom stereocenters. The third-order valence-electron chi connectivity index (χ3n) is 6.06. The fourth-order valence-corrected chi connectivity index (χ4v) is 4.49. The lowest BCUT2D eigenvalue weighted by molar-refractivity contribution is -0.131. The molecular weight excluding hydrogens is 370 g/mol. The fourth-order valence-electron chi connectivity index (χ4n) is 4.49. The average Bonchev–Trinajstić information content (AvgIpc) is 3.26. The van der Waals surface area contributed by atoms with E-state index in [0.29, 0.717) is 11.3 Å². The molecule has 2 saturated heterocycles. The number of hydrogen-bond acceptors (Lipinski definition) is 5. The Morgan fingerprint density at radius 2 is 1.76 bits per heavy atom. The maximum absolute atomic E-state index is 13.0. The minimum Gasteiger partial charge on any atom is -0.496 e. The van der Waals surface area contributed by atoms with Crippen LogP contribution in [0.3, 0.4) is 0 Å². The van der Waals surface area contributed by atoms with Gasteiger partial charge in [0.2, 0.25) is 0 Å². The lowest BCUT2D eigenvalue weighted by atomic mass is 10.0. The lowest BCUT2D eigenvalue weighted by Gasteiger charge is -2.31. The molecule has 7 nitrogen and oxygen atoms in total. The number of hydrogen-bond donors (Lipinski definition) is 1. The monoisotopic (exact) mass is 397 g/mol. The Morgan fingerprint density at radius 3 is 2.45 bits per heavy atom. The first-order valence-electron chi connectivity index (χ1n) is 10.4. The highest BCUT2D eigenvalue weighted by Gasteiger charge is 2.40. The van der Waals surface area contributed by atoms with E-state index in [1.165, 1.54) is 30.2 Å². The molecule has 2 aliphatic heterocycles. The van der Waals surface area contributed by atoms with Crippen LogP contribution in [0.25, 0.3) is 6.08 Å². The predicted molar refractivity (Wildman–Crippen MR) is 110 cm³/mol. The molecule has 2 heterocycles. The van der Waals surface area contributed by atoms with Crippen molar-refractivity contribution < 1.29 is 19.1 Å². The van der Waals surface area contributed by atoms with Crippen LogP contribution in [0.5, 0.6) is 5.75 Å². The van der Waals surface area contributed by atoms with Crippen LogP contribution in [0.1, 0.15) is 50.5 Å². The number of methoxy groups -OCH3 is 1. The molecule has 1 saturated carbocycles. The molecule has 4 rings (SSSR count). The summed E-state index contributed by atoms with van der Waals surface area (Å²) in [4.78, 5) is 41.2. The molecule has 1 aliphatic carbocycles. The third-order valence-corrected chi connectivity index (χ3v) is 6.06. The standard InChI is InChI=1S/C22H27N3O4/c1-29-19-14-17(24-11-5-2-6-12-24)10-9-15(19)13-18-20(26)23-22(28)25(21(18)27)16-7-3-4-8-16/h9-10,13-14,16H,2-8,11-12H2,1H3,(H,23,26,28)/b18-13+. The van der Waals surface area contributed by atoms with E-state index in [2.05, 4.69) is 10.2 Å². The van der Waals surface area contributed by atoms with Gasteiger partial charge in [-0.15, -0.1) is 0 Å². The number of amides is 4. The molecule has 4 amide bonds. The second-order valence-corrected chi connectivity index (χ2v) is 7.90. The van der Waals surface area contributed by atoms with Crippen molar-refractivity contribution in [3.05, 3.63) is 29.3 Å². The van der Waals surface area contributed by atoms with Gasteiger partial charge in [0.1, 0.15) is 11.3 Å². The Morgan fingerprint density at radius 1 is 1.03 bits per heavy atom. The van der Waals surface area contributed by atoms with Crippen LogP contribution < -0.4 is 15.0 Å². The highest BCUT2D eigenvalue weighted by atomic mass is 16.5. The van der Waals surface area contributed by atoms with Crippen LogP contribution in [-0.2, 0) is 9.59 Å². The van der Waals surface area contributed by atoms with Crippen LogP contribution in [0.2, 0.25) is 0 Å². The van der Waals surface area contributed by atoms with Gasteiger partial charge in [-0.25, -0.2) is 4.79 Å². The predicted octanol–water partition coefficient (Wildman–Crippen LogP) is 3.09. The number of nitrogens with zero attached hydrogens (tertiary/aromatic N) is 2. The normalized spacial score (nSPS) is 22.4. The van der Waals surface area contributed by atoms with Crippen molar-refractivity contribution in [2.75, 3.05) is 25.1 Å². The van der Waals surface area contributed by atoms with Gasteiger partial charge in [-0.05, 0) is 50.3 Å². The van der Waals surface area contributed by atoms with Crippen molar-refractivity contribution in [3.8, 4) is 5.75 Å². The Bertz CT molecular complexity index is 852. The first kappa shape index (κ1) is 19.5. The summed E-state index contributed by atoms with van der Waals surface area (Å²) in [7, 11) is 1.58. The fraction of sp³-hybridized carbons (Fsp3) is 0.500. The summed E-state index contributed by atoms with van der Waals surface area (Å²) >= 11 is 0. The molecule has 3 aliphatic rings. The lowest BCUT2D eigenvalue weighted by Crippen LogP contribution is -2.57. The molecule has 3 fully saturated rings. The molecule has 0 radical (unpaired) electrons. The SMILES string of the molecule is COc1cc(N2CCCCC2)ccc1/C=C1\C(=O)NC(=O)N(C2CCCC2)C1=O. The highest BCUT2D eigenvalue weighted by molar-refractivity contribution is 6.31. The second-order valence-electron chi connectivity index (χ2n) is 7.90. The van der Waals surface area contributed by atoms with Gasteiger partial charge in [0, 0.05) is 36.4 Å². The highest BCUT2D eigenvalue weighted by Crippen LogP contribution is 2.31. The second kappa shape index (κ2) is 8.27. The largest absolute Gasteiger partial charge is 0.496 e. The van der Waals surface area contributed by atoms with Crippen LogP contribution in [0.4, 0.5) is 10.5 Å². The van der Waals surface area contributed by atoms with Gasteiger partial charge < -0.3 is 9.64 Å². The van der Waals surface area contributed by atoms with Gasteiger partial charge in [0.15, 0.2) is 0 Å². The topological polar surface area (TPSA) is 79.0 Å². The maximum Gasteiger partial charge on any atom is 0.331 e. The number of nitrogens with one attached hydrogen (secondary N) is 1. The summed E-state index contributed by atoms with van der Waals surface area (Å²) in [6.07, 6.45) is 8.68. The molecule has 0 atom stereocenters. The molecule has 0 spiro atoms. The number of carbonyl (C=O) groups excluding carboxylic acids is 3. The summed E-state index contributed by atoms with van der Waals surface area (Å²) in [5.74, 6) is -0.574. The number of anilines is 1. The van der Waals surface area contributed by atoms with E-state index in [1.54, 1.807) is 7.11 Å². The molecule has 29 heavy (non-hydrogen) atoms. The number of benzene rings is 1. The Hall–Kier alpha value is -2.83. The van der Waals surface area contributed by atoms with Crippen LogP contribution >= 0.6 is 0 Å². The molecule has 1 aromatic carbocycles. The van der Waals surface area contributed by atoms with Gasteiger partial charge in [-0.3, -0.25) is 19.8 Å². The number of piperidine rings is 1. The first-order chi connectivity index (χ1) is 14.1. The van der Waals surface area contributed by atoms with Crippen molar-refractivity contribution in [3.63, 3.8) is 0 Å². The van der Waals surface area contributed by atoms with E-state index in [9.17, 15) is 14.4 Å². The van der Waals surface area contributed by atoms with E-state index >= 15 is 0 Å². The molecule has 1 aromatic rings. The summed E-state index contributed by atoms with van der Waals surface area (Å²) in [6, 6.07) is 5.06. The van der Waals surface area contributed by atoms with Gasteiger partial charge in [-0.1, -0.05) is 12.8 Å². The zero-order chi connectivity index (χ0) is 20.4. The van der Waals surface area contributed by atoms with Gasteiger partial charge in [0.25, 0.3) is 11.8 Å². The van der Waals surface area contributed by atoms with Gasteiger partial charge in [-0.2, -0.15) is 0 Å². The Kier molecular flexibility index (Phi) is 5.56. The van der Waals surface area contributed by atoms with Crippen molar-refractivity contribution in [2.45, 2.75) is 51.0 Å². The first-order valence-corrected chi connectivity index (χ1v) is 10.4. The third kappa shape index (κ3) is 3.86. The summed E-state index contributed by atoms with van der Waals surface area (Å²) in [6.45, 7) is 2.03. The molecule has 0 aromatic heterocycles. The van der Waals surface area contributed by atoms with E-state index in [4.69, 9.17) is 4.74 Å². The molecule has 0 bridgehead atoms. The zero-order valence-corrected chi connectivity index (χ0v) is 16.8. The molecule has 7 heteroatoms. The Labute approximate surface area is 170 Å². The van der Waals surface area contributed by atoms with Crippen molar-refractivity contribution in [1.29, 1.82) is 0 Å². The van der Waals surface area contributed by atoms with Crippen molar-refractivity contribution in [2.24, 2.45) is 0 Å². The van der Waals surface area contributed by atoms with Gasteiger partial charge >= 0.3 is 6.03 Å². The zero-order valence-electron chi connectivity index (χ0n) is 16.8. The van der Waals surface area contributed by atoms with Crippen molar-refractivity contribution >= 4 is 29.6 Å². The average molecular weight is 397 g/mol.